The lowest BCUT2D eigenvalue weighted by atomic mass is 10.2. The van der Waals surface area contributed by atoms with Gasteiger partial charge in [0.15, 0.2) is 0 Å². The van der Waals surface area contributed by atoms with Gasteiger partial charge in [-0.25, -0.2) is 4.39 Å². The molecule has 0 aliphatic rings. The summed E-state index contributed by atoms with van der Waals surface area (Å²) in [7, 11) is 3.22. The lowest BCUT2D eigenvalue weighted by molar-refractivity contribution is 0.406. The summed E-state index contributed by atoms with van der Waals surface area (Å²) in [4.78, 5) is 0. The lowest BCUT2D eigenvalue weighted by Crippen LogP contribution is -2.11. The highest BCUT2D eigenvalue weighted by Gasteiger charge is 2.11. The van der Waals surface area contributed by atoms with Crippen LogP contribution in [0.5, 0.6) is 5.75 Å². The summed E-state index contributed by atoms with van der Waals surface area (Å²) < 4.78 is 17.9. The second-order valence-electron chi connectivity index (χ2n) is 2.54. The average molecular weight is 204 g/mol. The van der Waals surface area contributed by atoms with Gasteiger partial charge in [-0.15, -0.1) is 11.6 Å². The van der Waals surface area contributed by atoms with E-state index >= 15 is 0 Å². The second kappa shape index (κ2) is 4.44. The molecule has 0 saturated carbocycles. The van der Waals surface area contributed by atoms with Crippen molar-refractivity contribution in [1.29, 1.82) is 0 Å². The molecule has 0 aliphatic heterocycles. The summed E-state index contributed by atoms with van der Waals surface area (Å²) in [6.45, 7) is 0. The van der Waals surface area contributed by atoms with Gasteiger partial charge in [0.2, 0.25) is 0 Å². The Labute approximate surface area is 81.7 Å². The number of nitrogens with one attached hydrogen (secondary N) is 1. The quantitative estimate of drug-likeness (QED) is 0.601. The highest BCUT2D eigenvalue weighted by Crippen LogP contribution is 2.27. The van der Waals surface area contributed by atoms with E-state index in [0.717, 1.165) is 0 Å². The Bertz CT molecular complexity index is 293. The normalized spacial score (nSPS) is 12.6. The van der Waals surface area contributed by atoms with Crippen LogP contribution < -0.4 is 10.1 Å². The monoisotopic (exact) mass is 203 g/mol. The van der Waals surface area contributed by atoms with Crippen molar-refractivity contribution in [3.8, 4) is 5.75 Å². The van der Waals surface area contributed by atoms with Crippen LogP contribution in [0, 0.1) is 5.82 Å². The topological polar surface area (TPSA) is 21.3 Å². The van der Waals surface area contributed by atoms with Crippen molar-refractivity contribution in [2.75, 3.05) is 14.2 Å². The molecule has 1 aromatic rings. The molecule has 0 fully saturated rings. The zero-order valence-corrected chi connectivity index (χ0v) is 8.23. The van der Waals surface area contributed by atoms with Crippen LogP contribution >= 0.6 is 11.6 Å². The SMILES string of the molecule is CNC(Cl)c1cc(F)ccc1OC. The summed E-state index contributed by atoms with van der Waals surface area (Å²) in [6.07, 6.45) is 0. The van der Waals surface area contributed by atoms with E-state index in [1.165, 1.54) is 19.2 Å². The van der Waals surface area contributed by atoms with Crippen molar-refractivity contribution >= 4 is 11.6 Å². The van der Waals surface area contributed by atoms with Gasteiger partial charge in [0.1, 0.15) is 17.1 Å². The van der Waals surface area contributed by atoms with Crippen LogP contribution in [0.4, 0.5) is 4.39 Å². The molecule has 0 bridgehead atoms. The van der Waals surface area contributed by atoms with Crippen molar-refractivity contribution in [3.63, 3.8) is 0 Å². The first-order valence-electron chi connectivity index (χ1n) is 3.83. The number of benzene rings is 1. The molecule has 0 spiro atoms. The average Bonchev–Trinajstić information content (AvgIpc) is 2.16. The highest BCUT2D eigenvalue weighted by atomic mass is 35.5. The van der Waals surface area contributed by atoms with Gasteiger partial charge >= 0.3 is 0 Å². The molecule has 0 heterocycles. The first-order chi connectivity index (χ1) is 6.19. The molecule has 4 heteroatoms. The van der Waals surface area contributed by atoms with Crippen LogP contribution in [-0.4, -0.2) is 14.2 Å². The smallest absolute Gasteiger partial charge is 0.125 e. The minimum absolute atomic E-state index is 0.322. The molecule has 2 nitrogen and oxygen atoms in total. The number of hydrogen-bond donors (Lipinski definition) is 1. The molecular formula is C9H11ClFNO. The van der Waals surface area contributed by atoms with Crippen molar-refractivity contribution in [2.24, 2.45) is 0 Å². The number of ether oxygens (including phenoxy) is 1. The predicted molar refractivity (Wildman–Crippen MR) is 50.6 cm³/mol. The Morgan fingerprint density at radius 1 is 1.54 bits per heavy atom. The van der Waals surface area contributed by atoms with Gasteiger partial charge in [-0.05, 0) is 25.2 Å². The van der Waals surface area contributed by atoms with Crippen LogP contribution in [0.15, 0.2) is 18.2 Å². The zero-order valence-electron chi connectivity index (χ0n) is 7.47. The van der Waals surface area contributed by atoms with Crippen LogP contribution in [0.1, 0.15) is 11.1 Å². The zero-order chi connectivity index (χ0) is 9.84. The van der Waals surface area contributed by atoms with Crippen molar-refractivity contribution in [1.82, 2.24) is 5.32 Å². The molecule has 0 radical (unpaired) electrons. The van der Waals surface area contributed by atoms with Gasteiger partial charge < -0.3 is 10.1 Å². The van der Waals surface area contributed by atoms with E-state index in [1.54, 1.807) is 13.1 Å². The third-order valence-corrected chi connectivity index (χ3v) is 2.17. The molecule has 0 amide bonds. The molecule has 72 valence electrons. The number of halogens is 2. The van der Waals surface area contributed by atoms with Crippen LogP contribution in [0.25, 0.3) is 0 Å². The largest absolute Gasteiger partial charge is 0.496 e. The molecule has 13 heavy (non-hydrogen) atoms. The fourth-order valence-corrected chi connectivity index (χ4v) is 1.23. The number of methoxy groups -OCH3 is 1. The summed E-state index contributed by atoms with van der Waals surface area (Å²) in [6, 6.07) is 4.24. The first kappa shape index (κ1) is 10.3. The molecule has 1 aromatic carbocycles. The van der Waals surface area contributed by atoms with Gasteiger partial charge in [0.05, 0.1) is 7.11 Å². The molecule has 1 N–H and O–H groups in total. The molecule has 0 saturated heterocycles. The fourth-order valence-electron chi connectivity index (χ4n) is 1.06. The third-order valence-electron chi connectivity index (χ3n) is 1.72. The number of rotatable bonds is 3. The summed E-state index contributed by atoms with van der Waals surface area (Å²) >= 11 is 5.89. The fraction of sp³-hybridized carbons (Fsp3) is 0.333. The minimum Gasteiger partial charge on any atom is -0.496 e. The van der Waals surface area contributed by atoms with E-state index in [4.69, 9.17) is 16.3 Å². The van der Waals surface area contributed by atoms with Gasteiger partial charge in [0, 0.05) is 5.56 Å². The first-order valence-corrected chi connectivity index (χ1v) is 4.27. The van der Waals surface area contributed by atoms with Crippen molar-refractivity contribution in [2.45, 2.75) is 5.50 Å². The second-order valence-corrected chi connectivity index (χ2v) is 2.97. The van der Waals surface area contributed by atoms with E-state index in [-0.39, 0.29) is 5.82 Å². The predicted octanol–water partition coefficient (Wildman–Crippen LogP) is 2.29. The maximum Gasteiger partial charge on any atom is 0.125 e. The maximum atomic E-state index is 12.8. The molecule has 1 unspecified atom stereocenters. The molecule has 1 atom stereocenters. The Balaban J connectivity index is 3.07. The van der Waals surface area contributed by atoms with Gasteiger partial charge in [-0.3, -0.25) is 0 Å². The van der Waals surface area contributed by atoms with E-state index < -0.39 is 5.50 Å². The highest BCUT2D eigenvalue weighted by molar-refractivity contribution is 6.20. The van der Waals surface area contributed by atoms with Crippen LogP contribution in [0.3, 0.4) is 0 Å². The number of hydrogen-bond acceptors (Lipinski definition) is 2. The lowest BCUT2D eigenvalue weighted by Gasteiger charge is -2.12. The molecular weight excluding hydrogens is 193 g/mol. The van der Waals surface area contributed by atoms with Crippen molar-refractivity contribution in [3.05, 3.63) is 29.6 Å². The summed E-state index contributed by atoms with van der Waals surface area (Å²) in [5.41, 5.74) is 0.164. The van der Waals surface area contributed by atoms with Crippen LogP contribution in [-0.2, 0) is 0 Å². The Hall–Kier alpha value is -0.800. The number of alkyl halides is 1. The summed E-state index contributed by atoms with van der Waals surface area (Å²) in [5, 5.41) is 2.80. The Morgan fingerprint density at radius 2 is 2.23 bits per heavy atom. The standard InChI is InChI=1S/C9H11ClFNO/c1-12-9(10)7-5-6(11)3-4-8(7)13-2/h3-5,9,12H,1-2H3. The minimum atomic E-state index is -0.439. The van der Waals surface area contributed by atoms with E-state index in [0.29, 0.717) is 11.3 Å². The Morgan fingerprint density at radius 3 is 2.77 bits per heavy atom. The van der Waals surface area contributed by atoms with Gasteiger partial charge in [-0.2, -0.15) is 0 Å². The molecule has 1 rings (SSSR count). The van der Waals surface area contributed by atoms with E-state index in [1.807, 2.05) is 0 Å². The van der Waals surface area contributed by atoms with Crippen LogP contribution in [0.2, 0.25) is 0 Å². The van der Waals surface area contributed by atoms with E-state index in [2.05, 4.69) is 5.32 Å². The molecule has 0 aliphatic carbocycles. The molecule has 0 aromatic heterocycles. The maximum absolute atomic E-state index is 12.8. The van der Waals surface area contributed by atoms with Gasteiger partial charge in [-0.1, -0.05) is 0 Å². The third kappa shape index (κ3) is 2.32. The van der Waals surface area contributed by atoms with Gasteiger partial charge in [0.25, 0.3) is 0 Å². The summed E-state index contributed by atoms with van der Waals surface area (Å²) in [5.74, 6) is 0.257. The van der Waals surface area contributed by atoms with E-state index in [9.17, 15) is 4.39 Å². The van der Waals surface area contributed by atoms with Crippen molar-refractivity contribution < 1.29 is 9.13 Å². The Kier molecular flexibility index (Phi) is 3.51.